The van der Waals surface area contributed by atoms with Crippen LogP contribution in [0.25, 0.3) is 6.08 Å². The van der Waals surface area contributed by atoms with E-state index in [0.29, 0.717) is 23.6 Å². The molecule has 0 radical (unpaired) electrons. The molecule has 2 aromatic rings. The summed E-state index contributed by atoms with van der Waals surface area (Å²) in [6, 6.07) is 9.29. The first-order valence-electron chi connectivity index (χ1n) is 8.66. The highest BCUT2D eigenvalue weighted by molar-refractivity contribution is 9.10. The lowest BCUT2D eigenvalue weighted by molar-refractivity contribution is -0.117. The topological polar surface area (TPSA) is 60.7 Å². The van der Waals surface area contributed by atoms with Crippen LogP contribution in [0.2, 0.25) is 0 Å². The average molecular weight is 420 g/mol. The maximum absolute atomic E-state index is 12.3. The number of hydrogen-bond acceptors (Lipinski definition) is 4. The van der Waals surface area contributed by atoms with Gasteiger partial charge in [-0.15, -0.1) is 0 Å². The highest BCUT2D eigenvalue weighted by atomic mass is 79.9. The molecule has 0 bridgehead atoms. The number of benzene rings is 1. The number of furan rings is 1. The van der Waals surface area contributed by atoms with E-state index in [-0.39, 0.29) is 17.9 Å². The first-order valence-corrected chi connectivity index (χ1v) is 9.45. The van der Waals surface area contributed by atoms with Crippen LogP contribution in [-0.2, 0) is 4.79 Å². The van der Waals surface area contributed by atoms with Crippen LogP contribution in [0.4, 0.5) is 0 Å². The first-order chi connectivity index (χ1) is 12.5. The van der Waals surface area contributed by atoms with Crippen molar-refractivity contribution in [3.05, 3.63) is 52.4 Å². The van der Waals surface area contributed by atoms with Crippen LogP contribution in [-0.4, -0.2) is 19.1 Å². The highest BCUT2D eigenvalue weighted by Gasteiger charge is 2.20. The summed E-state index contributed by atoms with van der Waals surface area (Å²) in [4.78, 5) is 12.3. The van der Waals surface area contributed by atoms with Crippen molar-refractivity contribution in [2.75, 3.05) is 13.2 Å². The van der Waals surface area contributed by atoms with Crippen LogP contribution >= 0.6 is 15.9 Å². The van der Waals surface area contributed by atoms with Gasteiger partial charge in [0.25, 0.3) is 0 Å². The molecule has 0 fully saturated rings. The molecule has 0 spiro atoms. The number of halogens is 1. The van der Waals surface area contributed by atoms with Gasteiger partial charge in [0.1, 0.15) is 5.76 Å². The van der Waals surface area contributed by atoms with Gasteiger partial charge in [0.2, 0.25) is 5.91 Å². The van der Waals surface area contributed by atoms with Crippen molar-refractivity contribution >= 4 is 27.9 Å². The lowest BCUT2D eigenvalue weighted by Gasteiger charge is -2.23. The van der Waals surface area contributed by atoms with Crippen LogP contribution in [0.3, 0.4) is 0 Å². The maximum atomic E-state index is 12.3. The van der Waals surface area contributed by atoms with Crippen LogP contribution in [0, 0.1) is 5.92 Å². The summed E-state index contributed by atoms with van der Waals surface area (Å²) in [6.45, 7) is 5.43. The Morgan fingerprint density at radius 2 is 1.92 bits per heavy atom. The van der Waals surface area contributed by atoms with Gasteiger partial charge in [-0.2, -0.15) is 0 Å². The third-order valence-corrected chi connectivity index (χ3v) is 4.51. The molecule has 138 valence electrons. The maximum Gasteiger partial charge on any atom is 0.244 e. The molecular formula is C20H22BrNO4. The largest absolute Gasteiger partial charge is 0.490 e. The normalized spacial score (nSPS) is 15.1. The number of nitrogens with one attached hydrogen (secondary N) is 1. The third-order valence-electron chi connectivity index (χ3n) is 4.09. The van der Waals surface area contributed by atoms with Crippen molar-refractivity contribution in [3.63, 3.8) is 0 Å². The van der Waals surface area contributed by atoms with Crippen molar-refractivity contribution in [1.82, 2.24) is 5.32 Å². The standard InChI is InChI=1S/C20H22BrNO4/c1-13(2)20(22-19(23)9-6-15-5-8-18(21)26-15)14-4-7-16-17(12-14)25-11-3-10-24-16/h4-9,12-13,20H,3,10-11H2,1-2H3,(H,22,23)/b9-6+/t20-/m0/s1. The Bertz CT molecular complexity index is 797. The molecule has 0 aliphatic carbocycles. The molecule has 0 unspecified atom stereocenters. The van der Waals surface area contributed by atoms with Gasteiger partial charge in [-0.05, 0) is 57.8 Å². The molecule has 2 heterocycles. The second-order valence-corrected chi connectivity index (χ2v) is 7.24. The quantitative estimate of drug-likeness (QED) is 0.711. The van der Waals surface area contributed by atoms with Gasteiger partial charge < -0.3 is 19.2 Å². The molecule has 5 nitrogen and oxygen atoms in total. The van der Waals surface area contributed by atoms with Gasteiger partial charge in [-0.25, -0.2) is 0 Å². The molecule has 1 aliphatic heterocycles. The second kappa shape index (κ2) is 8.45. The van der Waals surface area contributed by atoms with Crippen LogP contribution in [0.5, 0.6) is 11.5 Å². The van der Waals surface area contributed by atoms with Crippen molar-refractivity contribution in [1.29, 1.82) is 0 Å². The van der Waals surface area contributed by atoms with Crippen molar-refractivity contribution in [2.45, 2.75) is 26.3 Å². The highest BCUT2D eigenvalue weighted by Crippen LogP contribution is 2.34. The minimum absolute atomic E-state index is 0.132. The summed E-state index contributed by atoms with van der Waals surface area (Å²) in [5.74, 6) is 2.14. The number of carbonyl (C=O) groups is 1. The van der Waals surface area contributed by atoms with E-state index in [1.807, 2.05) is 18.2 Å². The van der Waals surface area contributed by atoms with Crippen molar-refractivity contribution < 1.29 is 18.7 Å². The van der Waals surface area contributed by atoms with E-state index in [1.54, 1.807) is 18.2 Å². The van der Waals surface area contributed by atoms with Crippen LogP contribution < -0.4 is 14.8 Å². The summed E-state index contributed by atoms with van der Waals surface area (Å²) in [5.41, 5.74) is 0.992. The molecule has 0 saturated heterocycles. The zero-order valence-corrected chi connectivity index (χ0v) is 16.4. The van der Waals surface area contributed by atoms with Gasteiger partial charge in [0, 0.05) is 12.5 Å². The van der Waals surface area contributed by atoms with Crippen LogP contribution in [0.1, 0.15) is 37.6 Å². The van der Waals surface area contributed by atoms with E-state index < -0.39 is 0 Å². The fraction of sp³-hybridized carbons (Fsp3) is 0.350. The fourth-order valence-corrected chi connectivity index (χ4v) is 3.10. The predicted molar refractivity (Wildman–Crippen MR) is 103 cm³/mol. The van der Waals surface area contributed by atoms with E-state index in [0.717, 1.165) is 23.5 Å². The molecule has 1 aromatic heterocycles. The lowest BCUT2D eigenvalue weighted by atomic mass is 9.95. The van der Waals surface area contributed by atoms with E-state index in [4.69, 9.17) is 13.9 Å². The predicted octanol–water partition coefficient (Wildman–Crippen LogP) is 4.73. The zero-order valence-electron chi connectivity index (χ0n) is 14.8. The second-order valence-electron chi connectivity index (χ2n) is 6.46. The van der Waals surface area contributed by atoms with Gasteiger partial charge in [0.05, 0.1) is 19.3 Å². The van der Waals surface area contributed by atoms with Gasteiger partial charge in [-0.1, -0.05) is 19.9 Å². The number of rotatable bonds is 5. The SMILES string of the molecule is CC(C)[C@H](NC(=O)/C=C/c1ccc(Br)o1)c1ccc2c(c1)OCCCO2. The van der Waals surface area contributed by atoms with Gasteiger partial charge in [0.15, 0.2) is 16.2 Å². The van der Waals surface area contributed by atoms with Gasteiger partial charge in [-0.3, -0.25) is 4.79 Å². The molecular weight excluding hydrogens is 398 g/mol. The Kier molecular flexibility index (Phi) is 6.04. The van der Waals surface area contributed by atoms with E-state index >= 15 is 0 Å². The monoisotopic (exact) mass is 419 g/mol. The molecule has 1 amide bonds. The summed E-state index contributed by atoms with van der Waals surface area (Å²) >= 11 is 3.24. The smallest absolute Gasteiger partial charge is 0.244 e. The Hall–Kier alpha value is -2.21. The molecule has 1 atom stereocenters. The molecule has 0 saturated carbocycles. The summed E-state index contributed by atoms with van der Waals surface area (Å²) < 4.78 is 17.4. The Labute approximate surface area is 161 Å². The van der Waals surface area contributed by atoms with Crippen molar-refractivity contribution in [3.8, 4) is 11.5 Å². The zero-order chi connectivity index (χ0) is 18.5. The first kappa shape index (κ1) is 18.6. The minimum atomic E-state index is -0.177. The van der Waals surface area contributed by atoms with Crippen molar-refractivity contribution in [2.24, 2.45) is 5.92 Å². The number of hydrogen-bond donors (Lipinski definition) is 1. The third kappa shape index (κ3) is 4.69. The molecule has 1 aliphatic rings. The number of carbonyl (C=O) groups excluding carboxylic acids is 1. The Balaban J connectivity index is 1.73. The summed E-state index contributed by atoms with van der Waals surface area (Å²) in [7, 11) is 0. The lowest BCUT2D eigenvalue weighted by Crippen LogP contribution is -2.30. The van der Waals surface area contributed by atoms with E-state index in [1.165, 1.54) is 6.08 Å². The Morgan fingerprint density at radius 1 is 1.15 bits per heavy atom. The minimum Gasteiger partial charge on any atom is -0.490 e. The average Bonchev–Trinajstić information content (AvgIpc) is 2.89. The summed E-state index contributed by atoms with van der Waals surface area (Å²) in [6.07, 6.45) is 3.98. The van der Waals surface area contributed by atoms with E-state index in [2.05, 4.69) is 35.1 Å². The van der Waals surface area contributed by atoms with E-state index in [9.17, 15) is 4.79 Å². The molecule has 1 aromatic carbocycles. The number of fused-ring (bicyclic) bond motifs is 1. The number of amides is 1. The Morgan fingerprint density at radius 3 is 2.62 bits per heavy atom. The van der Waals surface area contributed by atoms with Gasteiger partial charge >= 0.3 is 0 Å². The summed E-state index contributed by atoms with van der Waals surface area (Å²) in [5, 5.41) is 3.06. The molecule has 3 rings (SSSR count). The number of ether oxygens (including phenoxy) is 2. The fourth-order valence-electron chi connectivity index (χ4n) is 2.79. The molecule has 26 heavy (non-hydrogen) atoms. The molecule has 6 heteroatoms. The van der Waals surface area contributed by atoms with Crippen LogP contribution in [0.15, 0.2) is 45.5 Å². The molecule has 1 N–H and O–H groups in total.